The van der Waals surface area contributed by atoms with E-state index in [4.69, 9.17) is 9.97 Å². The molecule has 0 aliphatic heterocycles. The summed E-state index contributed by atoms with van der Waals surface area (Å²) in [5, 5.41) is 5.08. The largest absolute Gasteiger partial charge is 0.228 e. The molecule has 1 aromatic heterocycles. The lowest BCUT2D eigenvalue weighted by molar-refractivity contribution is 0.802. The second-order valence-electron chi connectivity index (χ2n) is 16.8. The lowest BCUT2D eigenvalue weighted by atomic mass is 9.69. The molecular weight excluding hydrogens is 761 g/mol. The van der Waals surface area contributed by atoms with Crippen molar-refractivity contribution in [2.75, 3.05) is 0 Å². The Morgan fingerprint density at radius 3 is 1.43 bits per heavy atom. The summed E-state index contributed by atoms with van der Waals surface area (Å²) in [6.07, 6.45) is 0. The van der Waals surface area contributed by atoms with E-state index < -0.39 is 5.41 Å². The predicted molar refractivity (Wildman–Crippen MR) is 261 cm³/mol. The van der Waals surface area contributed by atoms with Crippen molar-refractivity contribution in [1.29, 1.82) is 0 Å². The maximum absolute atomic E-state index is 5.19. The van der Waals surface area contributed by atoms with Crippen LogP contribution < -0.4 is 0 Å². The zero-order chi connectivity index (χ0) is 41.5. The van der Waals surface area contributed by atoms with E-state index in [0.717, 1.165) is 28.1 Å². The van der Waals surface area contributed by atoms with Gasteiger partial charge in [-0.25, -0.2) is 9.97 Å². The molecule has 0 unspecified atom stereocenters. The van der Waals surface area contributed by atoms with Crippen LogP contribution in [0.2, 0.25) is 0 Å². The van der Waals surface area contributed by atoms with Crippen molar-refractivity contribution in [2.24, 2.45) is 0 Å². The van der Waals surface area contributed by atoms with Crippen molar-refractivity contribution in [3.05, 3.63) is 253 Å². The molecule has 0 bridgehead atoms. The molecule has 0 N–H and O–H groups in total. The number of hydrogen-bond donors (Lipinski definition) is 0. The van der Waals surface area contributed by atoms with Gasteiger partial charge in [-0.15, -0.1) is 0 Å². The SMILES string of the molecule is c1ccc(-c2ccc(-c3cc(-c4ccc(-c5cc6c(c7ccccc57)-c5ccc7ccccc7c5C65c6ccccc6-c6ccccc65)cc4)nc(-c4ccccc4)n3)cc2)cc1. The Morgan fingerprint density at radius 2 is 0.778 bits per heavy atom. The Hall–Kier alpha value is -8.20. The highest BCUT2D eigenvalue weighted by molar-refractivity contribution is 6.14. The van der Waals surface area contributed by atoms with Crippen LogP contribution in [0.4, 0.5) is 0 Å². The van der Waals surface area contributed by atoms with Crippen LogP contribution in [-0.4, -0.2) is 9.97 Å². The Labute approximate surface area is 366 Å². The summed E-state index contributed by atoms with van der Waals surface area (Å²) in [7, 11) is 0. The molecule has 0 amide bonds. The van der Waals surface area contributed by atoms with E-state index in [2.05, 4.69) is 212 Å². The Kier molecular flexibility index (Phi) is 7.85. The standard InChI is InChI=1S/C61H38N2/c1-3-15-39(16-4-1)40-27-31-43(32-28-40)56-38-57(63-60(62-56)45-18-5-2-6-19-45)44-33-29-42(30-34-44)52-37-55-58(50-24-10-9-21-47(50)52)51-36-35-41-17-7-8-20-46(41)59(51)61(55)53-25-13-11-22-48(53)49-23-12-14-26-54(49)61/h1-38H. The number of hydrogen-bond acceptors (Lipinski definition) is 2. The first-order valence-corrected chi connectivity index (χ1v) is 21.7. The van der Waals surface area contributed by atoms with Crippen LogP contribution in [-0.2, 0) is 5.41 Å². The highest BCUT2D eigenvalue weighted by Gasteiger charge is 2.53. The van der Waals surface area contributed by atoms with Gasteiger partial charge in [-0.05, 0) is 100 Å². The van der Waals surface area contributed by atoms with Crippen molar-refractivity contribution in [1.82, 2.24) is 9.97 Å². The molecule has 2 heteroatoms. The first-order chi connectivity index (χ1) is 31.2. The van der Waals surface area contributed by atoms with E-state index in [-0.39, 0.29) is 0 Å². The molecule has 292 valence electrons. The third kappa shape index (κ3) is 5.32. The predicted octanol–water partition coefficient (Wildman–Crippen LogP) is 15.5. The summed E-state index contributed by atoms with van der Waals surface area (Å²) in [4.78, 5) is 10.3. The van der Waals surface area contributed by atoms with E-state index >= 15 is 0 Å². The van der Waals surface area contributed by atoms with Crippen LogP contribution >= 0.6 is 0 Å². The smallest absolute Gasteiger partial charge is 0.160 e. The van der Waals surface area contributed by atoms with E-state index in [1.54, 1.807) is 0 Å². The van der Waals surface area contributed by atoms with Crippen LogP contribution in [0.1, 0.15) is 22.3 Å². The summed E-state index contributed by atoms with van der Waals surface area (Å²) in [6.45, 7) is 0. The molecular formula is C61H38N2. The summed E-state index contributed by atoms with van der Waals surface area (Å²) in [5.41, 5.74) is 19.8. The summed E-state index contributed by atoms with van der Waals surface area (Å²) < 4.78 is 0. The molecule has 2 aliphatic rings. The van der Waals surface area contributed by atoms with Crippen LogP contribution in [0.25, 0.3) is 100.0 Å². The minimum absolute atomic E-state index is 0.484. The van der Waals surface area contributed by atoms with Crippen molar-refractivity contribution >= 4 is 21.5 Å². The molecule has 10 aromatic carbocycles. The second-order valence-corrected chi connectivity index (χ2v) is 16.8. The summed E-state index contributed by atoms with van der Waals surface area (Å²) >= 11 is 0. The highest BCUT2D eigenvalue weighted by atomic mass is 14.9. The fraction of sp³-hybridized carbons (Fsp3) is 0.0164. The topological polar surface area (TPSA) is 25.8 Å². The average Bonchev–Trinajstić information content (AvgIpc) is 3.84. The first kappa shape index (κ1) is 35.5. The monoisotopic (exact) mass is 798 g/mol. The Bertz CT molecular complexity index is 3540. The maximum Gasteiger partial charge on any atom is 0.160 e. The van der Waals surface area contributed by atoms with Gasteiger partial charge in [-0.2, -0.15) is 0 Å². The van der Waals surface area contributed by atoms with Gasteiger partial charge >= 0.3 is 0 Å². The fourth-order valence-electron chi connectivity index (χ4n) is 10.8. The maximum atomic E-state index is 5.19. The van der Waals surface area contributed by atoms with Crippen molar-refractivity contribution in [3.8, 4) is 78.4 Å². The Morgan fingerprint density at radius 1 is 0.286 bits per heavy atom. The molecule has 1 spiro atoms. The average molecular weight is 799 g/mol. The molecule has 2 nitrogen and oxygen atoms in total. The molecule has 0 atom stereocenters. The number of fused-ring (bicyclic) bond motifs is 14. The van der Waals surface area contributed by atoms with Gasteiger partial charge in [0.1, 0.15) is 0 Å². The Balaban J connectivity index is 0.992. The lowest BCUT2D eigenvalue weighted by Gasteiger charge is -2.32. The van der Waals surface area contributed by atoms with Crippen molar-refractivity contribution in [3.63, 3.8) is 0 Å². The zero-order valence-corrected chi connectivity index (χ0v) is 34.3. The van der Waals surface area contributed by atoms with Crippen LogP contribution in [0.5, 0.6) is 0 Å². The molecule has 2 aliphatic carbocycles. The molecule has 0 fully saturated rings. The number of benzene rings is 10. The highest BCUT2D eigenvalue weighted by Crippen LogP contribution is 2.65. The normalized spacial score (nSPS) is 12.9. The molecule has 11 aromatic rings. The van der Waals surface area contributed by atoms with Crippen molar-refractivity contribution < 1.29 is 0 Å². The van der Waals surface area contributed by atoms with Gasteiger partial charge in [0.25, 0.3) is 0 Å². The molecule has 0 radical (unpaired) electrons. The van der Waals surface area contributed by atoms with Gasteiger partial charge in [0.15, 0.2) is 5.82 Å². The van der Waals surface area contributed by atoms with Gasteiger partial charge in [-0.1, -0.05) is 218 Å². The van der Waals surface area contributed by atoms with Gasteiger partial charge < -0.3 is 0 Å². The quantitative estimate of drug-likeness (QED) is 0.173. The second kappa shape index (κ2) is 13.9. The minimum Gasteiger partial charge on any atom is -0.228 e. The van der Waals surface area contributed by atoms with Gasteiger partial charge in [0, 0.05) is 16.7 Å². The number of aromatic nitrogens is 2. The first-order valence-electron chi connectivity index (χ1n) is 21.7. The van der Waals surface area contributed by atoms with E-state index in [0.29, 0.717) is 5.82 Å². The molecule has 0 saturated carbocycles. The summed E-state index contributed by atoms with van der Waals surface area (Å²) in [6, 6.07) is 84.0. The zero-order valence-electron chi connectivity index (χ0n) is 34.3. The van der Waals surface area contributed by atoms with Gasteiger partial charge in [0.05, 0.1) is 16.8 Å². The third-order valence-electron chi connectivity index (χ3n) is 13.5. The van der Waals surface area contributed by atoms with E-state index in [1.807, 2.05) is 18.2 Å². The van der Waals surface area contributed by atoms with E-state index in [1.165, 1.54) is 88.3 Å². The van der Waals surface area contributed by atoms with Gasteiger partial charge in [0.2, 0.25) is 0 Å². The molecule has 1 heterocycles. The van der Waals surface area contributed by atoms with Crippen molar-refractivity contribution in [2.45, 2.75) is 5.41 Å². The molecule has 63 heavy (non-hydrogen) atoms. The summed E-state index contributed by atoms with van der Waals surface area (Å²) in [5.74, 6) is 0.707. The fourth-order valence-corrected chi connectivity index (χ4v) is 10.8. The third-order valence-corrected chi connectivity index (χ3v) is 13.5. The van der Waals surface area contributed by atoms with Gasteiger partial charge in [-0.3, -0.25) is 0 Å². The van der Waals surface area contributed by atoms with Crippen LogP contribution in [0.3, 0.4) is 0 Å². The molecule has 0 saturated heterocycles. The number of nitrogens with zero attached hydrogens (tertiary/aromatic N) is 2. The minimum atomic E-state index is -0.484. The molecule has 13 rings (SSSR count). The van der Waals surface area contributed by atoms with Crippen LogP contribution in [0.15, 0.2) is 231 Å². The van der Waals surface area contributed by atoms with E-state index in [9.17, 15) is 0 Å². The number of rotatable bonds is 5. The van der Waals surface area contributed by atoms with Crippen LogP contribution in [0, 0.1) is 0 Å². The lowest BCUT2D eigenvalue weighted by Crippen LogP contribution is -2.26.